The molecule has 1 amide bonds. The van der Waals surface area contributed by atoms with Crippen LogP contribution in [0.2, 0.25) is 0 Å². The molecule has 0 saturated carbocycles. The molecular formula is C21H27N3O3S. The van der Waals surface area contributed by atoms with Crippen LogP contribution in [0.15, 0.2) is 42.5 Å². The number of hydrogen-bond donors (Lipinski definition) is 2. The molecule has 0 aliphatic heterocycles. The van der Waals surface area contributed by atoms with Gasteiger partial charge in [-0.1, -0.05) is 6.07 Å². The fourth-order valence-corrected chi connectivity index (χ4v) is 2.88. The third-order valence-electron chi connectivity index (χ3n) is 4.17. The first kappa shape index (κ1) is 21.5. The number of nitrogens with one attached hydrogen (secondary N) is 2. The monoisotopic (exact) mass is 401 g/mol. The zero-order chi connectivity index (χ0) is 20.5. The standard InChI is InChI=1S/C21H27N3O3S/c1-24(2)20(25)16-8-10-17(11-9-16)23-21(28)22-13-5-6-15-7-12-18(26-3)19(14-15)27-4/h7-12,14H,5-6,13H2,1-4H3,(H2,22,23,28). The van der Waals surface area contributed by atoms with Crippen molar-refractivity contribution in [1.82, 2.24) is 10.2 Å². The number of thiocarbonyl (C=S) groups is 1. The van der Waals surface area contributed by atoms with Crippen molar-refractivity contribution < 1.29 is 14.3 Å². The van der Waals surface area contributed by atoms with Gasteiger partial charge in [0.25, 0.3) is 5.91 Å². The molecule has 0 fully saturated rings. The van der Waals surface area contributed by atoms with Gasteiger partial charge in [-0.2, -0.15) is 0 Å². The van der Waals surface area contributed by atoms with Crippen molar-refractivity contribution in [2.75, 3.05) is 40.2 Å². The Bertz CT molecular complexity index is 807. The summed E-state index contributed by atoms with van der Waals surface area (Å²) in [5, 5.41) is 6.88. The van der Waals surface area contributed by atoms with Crippen molar-refractivity contribution in [2.24, 2.45) is 0 Å². The van der Waals surface area contributed by atoms with Crippen LogP contribution in [-0.4, -0.2) is 50.8 Å². The Morgan fingerprint density at radius 2 is 1.71 bits per heavy atom. The van der Waals surface area contributed by atoms with E-state index in [-0.39, 0.29) is 5.91 Å². The summed E-state index contributed by atoms with van der Waals surface area (Å²) in [7, 11) is 6.73. The quantitative estimate of drug-likeness (QED) is 0.523. The predicted octanol–water partition coefficient (Wildman–Crippen LogP) is 3.32. The largest absolute Gasteiger partial charge is 0.493 e. The third-order valence-corrected chi connectivity index (χ3v) is 4.42. The van der Waals surface area contributed by atoms with Crippen LogP contribution in [-0.2, 0) is 6.42 Å². The highest BCUT2D eigenvalue weighted by atomic mass is 32.1. The maximum atomic E-state index is 11.9. The van der Waals surface area contributed by atoms with Crippen LogP contribution >= 0.6 is 12.2 Å². The number of benzene rings is 2. The van der Waals surface area contributed by atoms with Crippen LogP contribution < -0.4 is 20.1 Å². The zero-order valence-electron chi connectivity index (χ0n) is 16.7. The highest BCUT2D eigenvalue weighted by molar-refractivity contribution is 7.80. The SMILES string of the molecule is COc1ccc(CCCNC(=S)Nc2ccc(C(=O)N(C)C)cc2)cc1OC. The summed E-state index contributed by atoms with van der Waals surface area (Å²) in [6, 6.07) is 13.2. The molecule has 0 aliphatic carbocycles. The fraction of sp³-hybridized carbons (Fsp3) is 0.333. The number of ether oxygens (including phenoxy) is 2. The fourth-order valence-electron chi connectivity index (χ4n) is 2.66. The molecule has 2 rings (SSSR count). The van der Waals surface area contributed by atoms with E-state index in [9.17, 15) is 4.79 Å². The average molecular weight is 402 g/mol. The van der Waals surface area contributed by atoms with Crippen molar-refractivity contribution in [3.8, 4) is 11.5 Å². The highest BCUT2D eigenvalue weighted by Gasteiger charge is 2.08. The molecular weight excluding hydrogens is 374 g/mol. The van der Waals surface area contributed by atoms with Gasteiger partial charge < -0.3 is 25.0 Å². The zero-order valence-corrected chi connectivity index (χ0v) is 17.6. The maximum absolute atomic E-state index is 11.9. The molecule has 6 nitrogen and oxygen atoms in total. The Balaban J connectivity index is 1.76. The summed E-state index contributed by atoms with van der Waals surface area (Å²) in [5.74, 6) is 1.44. The van der Waals surface area contributed by atoms with Gasteiger partial charge in [-0.05, 0) is 67.0 Å². The normalized spacial score (nSPS) is 10.1. The molecule has 0 heterocycles. The number of anilines is 1. The Morgan fingerprint density at radius 3 is 2.32 bits per heavy atom. The Labute approximate surface area is 171 Å². The summed E-state index contributed by atoms with van der Waals surface area (Å²) in [5.41, 5.74) is 2.66. The molecule has 0 atom stereocenters. The van der Waals surface area contributed by atoms with Gasteiger partial charge in [0.05, 0.1) is 14.2 Å². The molecule has 150 valence electrons. The molecule has 0 saturated heterocycles. The maximum Gasteiger partial charge on any atom is 0.253 e. The van der Waals surface area contributed by atoms with E-state index in [1.807, 2.05) is 30.3 Å². The third kappa shape index (κ3) is 6.13. The van der Waals surface area contributed by atoms with Crippen molar-refractivity contribution in [2.45, 2.75) is 12.8 Å². The van der Waals surface area contributed by atoms with Gasteiger partial charge in [0.2, 0.25) is 0 Å². The Morgan fingerprint density at radius 1 is 1.04 bits per heavy atom. The van der Waals surface area contributed by atoms with Gasteiger partial charge in [-0.3, -0.25) is 4.79 Å². The molecule has 2 aromatic carbocycles. The molecule has 0 bridgehead atoms. The van der Waals surface area contributed by atoms with E-state index in [1.165, 1.54) is 5.56 Å². The lowest BCUT2D eigenvalue weighted by Crippen LogP contribution is -2.29. The smallest absolute Gasteiger partial charge is 0.253 e. The molecule has 0 aliphatic rings. The molecule has 0 aromatic heterocycles. The summed E-state index contributed by atoms with van der Waals surface area (Å²) in [4.78, 5) is 13.4. The number of hydrogen-bond acceptors (Lipinski definition) is 4. The van der Waals surface area contributed by atoms with E-state index in [1.54, 1.807) is 45.3 Å². The second-order valence-corrected chi connectivity index (χ2v) is 6.86. The molecule has 28 heavy (non-hydrogen) atoms. The molecule has 2 N–H and O–H groups in total. The van der Waals surface area contributed by atoms with E-state index in [0.29, 0.717) is 10.7 Å². The first-order chi connectivity index (χ1) is 13.4. The lowest BCUT2D eigenvalue weighted by atomic mass is 10.1. The van der Waals surface area contributed by atoms with Gasteiger partial charge in [0.15, 0.2) is 16.6 Å². The molecule has 2 aromatic rings. The number of methoxy groups -OCH3 is 2. The Hall–Kier alpha value is -2.80. The minimum atomic E-state index is -0.0255. The molecule has 0 unspecified atom stereocenters. The highest BCUT2D eigenvalue weighted by Crippen LogP contribution is 2.27. The second kappa shape index (κ2) is 10.5. The van der Waals surface area contributed by atoms with Gasteiger partial charge in [0.1, 0.15) is 0 Å². The number of carbonyl (C=O) groups is 1. The van der Waals surface area contributed by atoms with Crippen LogP contribution in [0.3, 0.4) is 0 Å². The number of nitrogens with zero attached hydrogens (tertiary/aromatic N) is 1. The van der Waals surface area contributed by atoms with Crippen molar-refractivity contribution in [3.63, 3.8) is 0 Å². The number of rotatable bonds is 8. The van der Waals surface area contributed by atoms with E-state index >= 15 is 0 Å². The van der Waals surface area contributed by atoms with Gasteiger partial charge >= 0.3 is 0 Å². The summed E-state index contributed by atoms with van der Waals surface area (Å²) in [6.07, 6.45) is 1.82. The summed E-state index contributed by atoms with van der Waals surface area (Å²) < 4.78 is 10.6. The predicted molar refractivity (Wildman–Crippen MR) is 117 cm³/mol. The van der Waals surface area contributed by atoms with Crippen LogP contribution in [0.5, 0.6) is 11.5 Å². The molecule has 0 spiro atoms. The van der Waals surface area contributed by atoms with Crippen LogP contribution in [0.1, 0.15) is 22.3 Å². The van der Waals surface area contributed by atoms with Crippen LogP contribution in [0.25, 0.3) is 0 Å². The van der Waals surface area contributed by atoms with Crippen LogP contribution in [0.4, 0.5) is 5.69 Å². The van der Waals surface area contributed by atoms with Crippen molar-refractivity contribution >= 4 is 28.9 Å². The van der Waals surface area contributed by atoms with Crippen molar-refractivity contribution in [1.29, 1.82) is 0 Å². The lowest BCUT2D eigenvalue weighted by Gasteiger charge is -2.13. The first-order valence-corrected chi connectivity index (χ1v) is 9.43. The van der Waals surface area contributed by atoms with E-state index in [0.717, 1.165) is 36.6 Å². The van der Waals surface area contributed by atoms with Gasteiger partial charge in [-0.15, -0.1) is 0 Å². The number of carbonyl (C=O) groups excluding carboxylic acids is 1. The lowest BCUT2D eigenvalue weighted by molar-refractivity contribution is 0.0827. The second-order valence-electron chi connectivity index (χ2n) is 6.45. The molecule has 7 heteroatoms. The van der Waals surface area contributed by atoms with E-state index in [4.69, 9.17) is 21.7 Å². The van der Waals surface area contributed by atoms with E-state index < -0.39 is 0 Å². The number of aryl methyl sites for hydroxylation is 1. The topological polar surface area (TPSA) is 62.8 Å². The first-order valence-electron chi connectivity index (χ1n) is 9.02. The van der Waals surface area contributed by atoms with Crippen molar-refractivity contribution in [3.05, 3.63) is 53.6 Å². The van der Waals surface area contributed by atoms with Gasteiger partial charge in [0, 0.05) is 31.9 Å². The average Bonchev–Trinajstić information content (AvgIpc) is 2.71. The minimum absolute atomic E-state index is 0.0255. The summed E-state index contributed by atoms with van der Waals surface area (Å²) in [6.45, 7) is 0.747. The summed E-state index contributed by atoms with van der Waals surface area (Å²) >= 11 is 5.33. The van der Waals surface area contributed by atoms with E-state index in [2.05, 4.69) is 10.6 Å². The van der Waals surface area contributed by atoms with Crippen LogP contribution in [0, 0.1) is 0 Å². The van der Waals surface area contributed by atoms with Gasteiger partial charge in [-0.25, -0.2) is 0 Å². The number of amides is 1. The minimum Gasteiger partial charge on any atom is -0.493 e. The molecule has 0 radical (unpaired) electrons. The Kier molecular flexibility index (Phi) is 8.07.